The second-order valence-corrected chi connectivity index (χ2v) is 9.53. The molecule has 7 nitrogen and oxygen atoms in total. The normalized spacial score (nSPS) is 26.3. The smallest absolute Gasteiger partial charge is 0.309 e. The molecule has 0 aromatic carbocycles. The van der Waals surface area contributed by atoms with Gasteiger partial charge in [-0.3, -0.25) is 19.2 Å². The van der Waals surface area contributed by atoms with Crippen molar-refractivity contribution in [2.24, 2.45) is 17.8 Å². The van der Waals surface area contributed by atoms with Crippen LogP contribution in [0.15, 0.2) is 12.1 Å². The summed E-state index contributed by atoms with van der Waals surface area (Å²) < 4.78 is 10.6. The Kier molecular flexibility index (Phi) is 6.63. The maximum atomic E-state index is 12.5. The number of fused-ring (bicyclic) bond motifs is 2. The first-order chi connectivity index (χ1) is 14.5. The molecule has 1 aromatic rings. The Morgan fingerprint density at radius 1 is 1.10 bits per heavy atom. The fourth-order valence-electron chi connectivity index (χ4n) is 4.69. The van der Waals surface area contributed by atoms with Gasteiger partial charge in [0.2, 0.25) is 11.7 Å². The number of carbonyl (C=O) groups is 4. The molecule has 0 radical (unpaired) electrons. The molecular weight excluding hydrogens is 406 g/mol. The van der Waals surface area contributed by atoms with Crippen molar-refractivity contribution in [3.63, 3.8) is 0 Å². The summed E-state index contributed by atoms with van der Waals surface area (Å²) in [5.41, 5.74) is 0. The van der Waals surface area contributed by atoms with Gasteiger partial charge in [0.25, 0.3) is 0 Å². The molecule has 4 rings (SSSR count). The van der Waals surface area contributed by atoms with Crippen molar-refractivity contribution in [2.45, 2.75) is 38.5 Å². The van der Waals surface area contributed by atoms with E-state index in [1.54, 1.807) is 17.0 Å². The zero-order valence-electron chi connectivity index (χ0n) is 17.0. The van der Waals surface area contributed by atoms with Crippen molar-refractivity contribution in [1.29, 1.82) is 0 Å². The molecule has 2 unspecified atom stereocenters. The largest absolute Gasteiger partial charge is 0.457 e. The minimum atomic E-state index is -0.368. The molecule has 3 fully saturated rings. The van der Waals surface area contributed by atoms with Crippen LogP contribution in [0.5, 0.6) is 0 Å². The van der Waals surface area contributed by atoms with Crippen LogP contribution < -0.4 is 0 Å². The number of hydrogen-bond acceptors (Lipinski definition) is 7. The molecule has 0 spiro atoms. The van der Waals surface area contributed by atoms with Gasteiger partial charge in [0.15, 0.2) is 6.61 Å². The van der Waals surface area contributed by atoms with E-state index in [1.807, 2.05) is 0 Å². The maximum Gasteiger partial charge on any atom is 0.309 e. The van der Waals surface area contributed by atoms with Gasteiger partial charge in [-0.05, 0) is 37.8 Å². The molecule has 3 aliphatic rings. The van der Waals surface area contributed by atoms with Gasteiger partial charge in [0.05, 0.1) is 30.4 Å². The molecule has 2 bridgehead atoms. The number of hydrogen-bond donors (Lipinski definition) is 0. The van der Waals surface area contributed by atoms with Crippen LogP contribution in [0.25, 0.3) is 0 Å². The fraction of sp³-hybridized carbons (Fsp3) is 0.636. The lowest BCUT2D eigenvalue weighted by atomic mass is 9.67. The number of carbonyl (C=O) groups excluding carboxylic acids is 4. The molecule has 1 aromatic heterocycles. The van der Waals surface area contributed by atoms with Crippen LogP contribution in [0.4, 0.5) is 0 Å². The number of amides is 1. The monoisotopic (exact) mass is 433 g/mol. The number of Topliss-reactive ketones (excluding diaryl/α,β-unsaturated/α-hetero) is 2. The molecule has 30 heavy (non-hydrogen) atoms. The van der Waals surface area contributed by atoms with Gasteiger partial charge < -0.3 is 14.4 Å². The standard InChI is InChI=1S/C22H27NO6S/c24-18(13-29-22(27)16-10-14-2-1-3-15(11-16)21(14)26)19-5-4-17(30-19)12-20(25)23-6-8-28-9-7-23/h4-5,14-16H,1-3,6-13H2. The number of ether oxygens (including phenoxy) is 2. The number of morpholine rings is 1. The van der Waals surface area contributed by atoms with Gasteiger partial charge in [-0.1, -0.05) is 6.42 Å². The lowest BCUT2D eigenvalue weighted by molar-refractivity contribution is -0.152. The summed E-state index contributed by atoms with van der Waals surface area (Å²) in [5.74, 6) is -0.611. The third-order valence-electron chi connectivity index (χ3n) is 6.35. The van der Waals surface area contributed by atoms with Crippen LogP contribution in [-0.4, -0.2) is 61.3 Å². The second kappa shape index (κ2) is 9.39. The van der Waals surface area contributed by atoms with E-state index in [0.717, 1.165) is 24.1 Å². The molecular formula is C22H27NO6S. The van der Waals surface area contributed by atoms with E-state index >= 15 is 0 Å². The van der Waals surface area contributed by atoms with Gasteiger partial charge in [0, 0.05) is 29.8 Å². The minimum Gasteiger partial charge on any atom is -0.457 e. The summed E-state index contributed by atoms with van der Waals surface area (Å²) in [6.45, 7) is 2.01. The van der Waals surface area contributed by atoms with E-state index < -0.39 is 0 Å². The Bertz CT molecular complexity index is 811. The minimum absolute atomic E-state index is 0.0189. The quantitative estimate of drug-likeness (QED) is 0.505. The first kappa shape index (κ1) is 21.2. The van der Waals surface area contributed by atoms with Crippen molar-refractivity contribution in [3.05, 3.63) is 21.9 Å². The van der Waals surface area contributed by atoms with Crippen LogP contribution in [0.3, 0.4) is 0 Å². The zero-order chi connectivity index (χ0) is 21.1. The van der Waals surface area contributed by atoms with Crippen molar-refractivity contribution < 1.29 is 28.7 Å². The van der Waals surface area contributed by atoms with Crippen molar-refractivity contribution in [2.75, 3.05) is 32.9 Å². The van der Waals surface area contributed by atoms with Crippen LogP contribution >= 0.6 is 11.3 Å². The highest BCUT2D eigenvalue weighted by Gasteiger charge is 2.41. The van der Waals surface area contributed by atoms with Crippen LogP contribution in [0, 0.1) is 17.8 Å². The van der Waals surface area contributed by atoms with Crippen LogP contribution in [-0.2, 0) is 30.3 Å². The first-order valence-corrected chi connectivity index (χ1v) is 11.5. The summed E-state index contributed by atoms with van der Waals surface area (Å²) in [4.78, 5) is 52.5. The predicted octanol–water partition coefficient (Wildman–Crippen LogP) is 2.27. The molecule has 2 saturated carbocycles. The molecule has 1 saturated heterocycles. The Morgan fingerprint density at radius 2 is 1.80 bits per heavy atom. The molecule has 1 amide bonds. The Hall–Kier alpha value is -2.06. The summed E-state index contributed by atoms with van der Waals surface area (Å²) in [6, 6.07) is 3.47. The summed E-state index contributed by atoms with van der Waals surface area (Å²) in [6.07, 6.45) is 4.13. The third kappa shape index (κ3) is 4.81. The van der Waals surface area contributed by atoms with Crippen molar-refractivity contribution in [1.82, 2.24) is 4.90 Å². The zero-order valence-corrected chi connectivity index (χ0v) is 17.8. The van der Waals surface area contributed by atoms with E-state index in [-0.39, 0.29) is 48.4 Å². The predicted molar refractivity (Wildman–Crippen MR) is 109 cm³/mol. The molecule has 2 aliphatic carbocycles. The lowest BCUT2D eigenvalue weighted by Gasteiger charge is -2.36. The second-order valence-electron chi connectivity index (χ2n) is 8.36. The van der Waals surface area contributed by atoms with Gasteiger partial charge >= 0.3 is 5.97 Å². The van der Waals surface area contributed by atoms with E-state index in [2.05, 4.69) is 0 Å². The highest BCUT2D eigenvalue weighted by Crippen LogP contribution is 2.40. The number of thiophene rings is 1. The molecule has 2 atom stereocenters. The van der Waals surface area contributed by atoms with Gasteiger partial charge in [-0.2, -0.15) is 0 Å². The van der Waals surface area contributed by atoms with Crippen LogP contribution in [0.1, 0.15) is 46.7 Å². The molecule has 8 heteroatoms. The number of esters is 1. The fourth-order valence-corrected chi connectivity index (χ4v) is 5.62. The highest BCUT2D eigenvalue weighted by atomic mass is 32.1. The summed E-state index contributed by atoms with van der Waals surface area (Å²) >= 11 is 1.27. The van der Waals surface area contributed by atoms with E-state index in [1.165, 1.54) is 11.3 Å². The number of rotatable bonds is 6. The number of nitrogens with zero attached hydrogens (tertiary/aromatic N) is 1. The average molecular weight is 434 g/mol. The Labute approximate surface area is 179 Å². The maximum absolute atomic E-state index is 12.5. The number of ketones is 2. The molecule has 1 aliphatic heterocycles. The third-order valence-corrected chi connectivity index (χ3v) is 7.48. The molecule has 2 heterocycles. The summed E-state index contributed by atoms with van der Waals surface area (Å²) in [7, 11) is 0. The Morgan fingerprint density at radius 3 is 2.50 bits per heavy atom. The van der Waals surface area contributed by atoms with Gasteiger partial charge in [-0.25, -0.2) is 0 Å². The molecule has 162 valence electrons. The topological polar surface area (TPSA) is 90.0 Å². The summed E-state index contributed by atoms with van der Waals surface area (Å²) in [5, 5.41) is 0. The van der Waals surface area contributed by atoms with Crippen molar-refractivity contribution in [3.8, 4) is 0 Å². The van der Waals surface area contributed by atoms with Gasteiger partial charge in [0.1, 0.15) is 5.78 Å². The lowest BCUT2D eigenvalue weighted by Crippen LogP contribution is -2.41. The van der Waals surface area contributed by atoms with E-state index in [9.17, 15) is 19.2 Å². The van der Waals surface area contributed by atoms with Gasteiger partial charge in [-0.15, -0.1) is 11.3 Å². The average Bonchev–Trinajstić information content (AvgIpc) is 3.20. The van der Waals surface area contributed by atoms with Crippen LogP contribution in [0.2, 0.25) is 0 Å². The first-order valence-electron chi connectivity index (χ1n) is 10.7. The highest BCUT2D eigenvalue weighted by molar-refractivity contribution is 7.14. The SMILES string of the molecule is O=C(COC(=O)C1CC2CCCC(C1)C2=O)c1ccc(CC(=O)N2CCOCC2)s1. The van der Waals surface area contributed by atoms with E-state index in [0.29, 0.717) is 49.8 Å². The van der Waals surface area contributed by atoms with Crippen molar-refractivity contribution >= 4 is 34.8 Å². The van der Waals surface area contributed by atoms with E-state index in [4.69, 9.17) is 9.47 Å². The molecule has 0 N–H and O–H groups in total. The Balaban J connectivity index is 1.26.